The van der Waals surface area contributed by atoms with Crippen LogP contribution in [0.25, 0.3) is 0 Å². The van der Waals surface area contributed by atoms with Crippen LogP contribution in [0.3, 0.4) is 0 Å². The Morgan fingerprint density at radius 1 is 0.966 bits per heavy atom. The number of nitrogens with zero attached hydrogens (tertiary/aromatic N) is 1. The zero-order valence-corrected chi connectivity index (χ0v) is 16.7. The molecule has 2 aromatic carbocycles. The van der Waals surface area contributed by atoms with E-state index >= 15 is 0 Å². The van der Waals surface area contributed by atoms with Gasteiger partial charge in [-0.3, -0.25) is 9.10 Å². The lowest BCUT2D eigenvalue weighted by molar-refractivity contribution is -0.0716. The lowest BCUT2D eigenvalue weighted by Gasteiger charge is -2.21. The summed E-state index contributed by atoms with van der Waals surface area (Å²) < 4.78 is 37.5. The maximum atomic E-state index is 12.6. The van der Waals surface area contributed by atoms with Gasteiger partial charge in [0, 0.05) is 36.7 Å². The van der Waals surface area contributed by atoms with E-state index in [1.54, 1.807) is 36.4 Å². The van der Waals surface area contributed by atoms with Gasteiger partial charge >= 0.3 is 0 Å². The minimum atomic E-state index is -3.23. The Morgan fingerprint density at radius 2 is 1.69 bits per heavy atom. The number of hydrogen-bond acceptors (Lipinski definition) is 5. The highest BCUT2D eigenvalue weighted by Gasteiger charge is 2.44. The van der Waals surface area contributed by atoms with Crippen LogP contribution in [0, 0.1) is 0 Å². The molecule has 0 radical (unpaired) electrons. The van der Waals surface area contributed by atoms with E-state index in [0.29, 0.717) is 41.4 Å². The number of hydrogen-bond donors (Lipinski definition) is 1. The van der Waals surface area contributed by atoms with Crippen molar-refractivity contribution < 1.29 is 22.7 Å². The SMILES string of the molecule is O=C(Nc1ccc2c(c1)OC1(CCCC1)O2)c1ccc(N2CCCS2(=O)=O)cc1. The summed E-state index contributed by atoms with van der Waals surface area (Å²) in [6.45, 7) is 0.479. The lowest BCUT2D eigenvalue weighted by Crippen LogP contribution is -2.34. The van der Waals surface area contributed by atoms with Crippen molar-refractivity contribution >= 4 is 27.3 Å². The summed E-state index contributed by atoms with van der Waals surface area (Å²) in [6.07, 6.45) is 4.56. The molecule has 0 atom stereocenters. The molecule has 0 unspecified atom stereocenters. The fourth-order valence-corrected chi connectivity index (χ4v) is 5.77. The van der Waals surface area contributed by atoms with Gasteiger partial charge in [-0.2, -0.15) is 0 Å². The molecule has 2 aromatic rings. The van der Waals surface area contributed by atoms with E-state index in [1.807, 2.05) is 6.07 Å². The van der Waals surface area contributed by atoms with Crippen LogP contribution in [0.2, 0.25) is 0 Å². The van der Waals surface area contributed by atoms with Crippen molar-refractivity contribution in [2.75, 3.05) is 21.9 Å². The summed E-state index contributed by atoms with van der Waals surface area (Å²) in [5.41, 5.74) is 1.66. The normalized spacial score (nSPS) is 20.9. The highest BCUT2D eigenvalue weighted by Crippen LogP contribution is 2.47. The third-order valence-electron chi connectivity index (χ3n) is 5.68. The van der Waals surface area contributed by atoms with E-state index in [9.17, 15) is 13.2 Å². The number of amides is 1. The van der Waals surface area contributed by atoms with Gasteiger partial charge in [-0.25, -0.2) is 8.42 Å². The molecule has 8 heteroatoms. The van der Waals surface area contributed by atoms with Gasteiger partial charge in [0.05, 0.1) is 11.4 Å². The maximum absolute atomic E-state index is 12.6. The molecule has 1 saturated heterocycles. The first-order valence-electron chi connectivity index (χ1n) is 9.88. The van der Waals surface area contributed by atoms with Crippen molar-refractivity contribution in [2.24, 2.45) is 0 Å². The average molecular weight is 414 g/mol. The molecule has 1 amide bonds. The fourth-order valence-electron chi connectivity index (χ4n) is 4.20. The molecular formula is C21H22N2O5S. The number of sulfonamides is 1. The molecule has 7 nitrogen and oxygen atoms in total. The second-order valence-electron chi connectivity index (χ2n) is 7.73. The number of nitrogens with one attached hydrogen (secondary N) is 1. The number of benzene rings is 2. The molecule has 2 fully saturated rings. The van der Waals surface area contributed by atoms with Gasteiger partial charge in [0.25, 0.3) is 11.7 Å². The van der Waals surface area contributed by atoms with Crippen molar-refractivity contribution in [1.29, 1.82) is 0 Å². The van der Waals surface area contributed by atoms with Crippen molar-refractivity contribution in [3.8, 4) is 11.5 Å². The summed E-state index contributed by atoms with van der Waals surface area (Å²) >= 11 is 0. The average Bonchev–Trinajstić information content (AvgIpc) is 3.40. The third kappa shape index (κ3) is 3.31. The van der Waals surface area contributed by atoms with Crippen molar-refractivity contribution in [2.45, 2.75) is 37.9 Å². The van der Waals surface area contributed by atoms with Gasteiger partial charge in [-0.05, 0) is 55.7 Å². The molecule has 0 bridgehead atoms. The summed E-state index contributed by atoms with van der Waals surface area (Å²) in [5, 5.41) is 2.87. The van der Waals surface area contributed by atoms with Gasteiger partial charge in [0.1, 0.15) is 0 Å². The number of ether oxygens (including phenoxy) is 2. The lowest BCUT2D eigenvalue weighted by atomic mass is 10.2. The molecule has 3 aliphatic rings. The van der Waals surface area contributed by atoms with E-state index in [0.717, 1.165) is 25.7 Å². The third-order valence-corrected chi connectivity index (χ3v) is 7.55. The van der Waals surface area contributed by atoms with E-state index in [4.69, 9.17) is 9.47 Å². The first-order chi connectivity index (χ1) is 13.9. The van der Waals surface area contributed by atoms with Crippen LogP contribution in [-0.2, 0) is 10.0 Å². The maximum Gasteiger partial charge on any atom is 0.255 e. The van der Waals surface area contributed by atoms with Gasteiger partial charge in [-0.15, -0.1) is 0 Å². The van der Waals surface area contributed by atoms with Crippen molar-refractivity contribution in [3.05, 3.63) is 48.0 Å². The smallest absolute Gasteiger partial charge is 0.255 e. The Morgan fingerprint density at radius 3 is 2.38 bits per heavy atom. The molecular weight excluding hydrogens is 392 g/mol. The highest BCUT2D eigenvalue weighted by molar-refractivity contribution is 7.93. The highest BCUT2D eigenvalue weighted by atomic mass is 32.2. The number of anilines is 2. The van der Waals surface area contributed by atoms with E-state index < -0.39 is 15.8 Å². The topological polar surface area (TPSA) is 84.9 Å². The number of carbonyl (C=O) groups is 1. The van der Waals surface area contributed by atoms with Crippen LogP contribution in [0.1, 0.15) is 42.5 Å². The first kappa shape index (κ1) is 18.3. The van der Waals surface area contributed by atoms with E-state index in [2.05, 4.69) is 5.32 Å². The second-order valence-corrected chi connectivity index (χ2v) is 9.74. The predicted molar refractivity (Wildman–Crippen MR) is 109 cm³/mol. The molecule has 5 rings (SSSR count). The molecule has 1 aliphatic carbocycles. The standard InChI is InChI=1S/C21H22N2O5S/c24-20(15-4-7-17(8-5-15)23-12-3-13-29(23,25)26)22-16-6-9-18-19(14-16)28-21(27-18)10-1-2-11-21/h4-9,14H,1-3,10-13H2,(H,22,24). The quantitative estimate of drug-likeness (QED) is 0.831. The minimum absolute atomic E-state index is 0.167. The molecule has 1 N–H and O–H groups in total. The monoisotopic (exact) mass is 414 g/mol. The van der Waals surface area contributed by atoms with Gasteiger partial charge in [-0.1, -0.05) is 0 Å². The molecule has 1 spiro atoms. The largest absolute Gasteiger partial charge is 0.448 e. The molecule has 2 aliphatic heterocycles. The number of fused-ring (bicyclic) bond motifs is 1. The second kappa shape index (κ2) is 6.66. The Bertz CT molecular complexity index is 1060. The minimum Gasteiger partial charge on any atom is -0.448 e. The number of rotatable bonds is 3. The van der Waals surface area contributed by atoms with Crippen LogP contribution < -0.4 is 19.1 Å². The Labute approximate surface area is 169 Å². The van der Waals surface area contributed by atoms with Crippen LogP contribution in [-0.4, -0.2) is 32.4 Å². The predicted octanol–water partition coefficient (Wildman–Crippen LogP) is 3.52. The van der Waals surface area contributed by atoms with Crippen LogP contribution in [0.15, 0.2) is 42.5 Å². The van der Waals surface area contributed by atoms with Crippen molar-refractivity contribution in [3.63, 3.8) is 0 Å². The summed E-state index contributed by atoms with van der Waals surface area (Å²) in [4.78, 5) is 12.6. The molecule has 29 heavy (non-hydrogen) atoms. The van der Waals surface area contributed by atoms with Crippen LogP contribution in [0.4, 0.5) is 11.4 Å². The zero-order valence-electron chi connectivity index (χ0n) is 15.9. The molecule has 152 valence electrons. The van der Waals surface area contributed by atoms with Gasteiger partial charge in [0.15, 0.2) is 11.5 Å². The van der Waals surface area contributed by atoms with Gasteiger partial charge < -0.3 is 14.8 Å². The van der Waals surface area contributed by atoms with Crippen LogP contribution >= 0.6 is 0 Å². The molecule has 0 aromatic heterocycles. The molecule has 1 saturated carbocycles. The van der Waals surface area contributed by atoms with E-state index in [-0.39, 0.29) is 11.7 Å². The Kier molecular flexibility index (Phi) is 4.20. The van der Waals surface area contributed by atoms with Crippen molar-refractivity contribution in [1.82, 2.24) is 0 Å². The van der Waals surface area contributed by atoms with Gasteiger partial charge in [0.2, 0.25) is 10.0 Å². The number of carbonyl (C=O) groups excluding carboxylic acids is 1. The summed E-state index contributed by atoms with van der Waals surface area (Å²) in [6, 6.07) is 12.0. The fraction of sp³-hybridized carbons (Fsp3) is 0.381. The van der Waals surface area contributed by atoms with E-state index in [1.165, 1.54) is 4.31 Å². The summed E-state index contributed by atoms with van der Waals surface area (Å²) in [7, 11) is -3.23. The van der Waals surface area contributed by atoms with Crippen LogP contribution in [0.5, 0.6) is 11.5 Å². The molecule has 2 heterocycles. The Balaban J connectivity index is 1.29. The first-order valence-corrected chi connectivity index (χ1v) is 11.5. The zero-order chi connectivity index (χ0) is 20.1. The Hall–Kier alpha value is -2.74. The summed E-state index contributed by atoms with van der Waals surface area (Å²) in [5.74, 6) is 0.729.